The summed E-state index contributed by atoms with van der Waals surface area (Å²) in [4.78, 5) is 53.6. The number of rotatable bonds is 9. The molecule has 1 aromatic carbocycles. The van der Waals surface area contributed by atoms with Crippen molar-refractivity contribution < 1.29 is 23.9 Å². The lowest BCUT2D eigenvalue weighted by Gasteiger charge is -2.27. The maximum atomic E-state index is 13.2. The smallest absolute Gasteiger partial charge is 0.407 e. The van der Waals surface area contributed by atoms with E-state index in [0.29, 0.717) is 46.7 Å². The minimum Gasteiger partial charge on any atom is -0.489 e. The van der Waals surface area contributed by atoms with Crippen LogP contribution in [-0.2, 0) is 24.9 Å². The highest BCUT2D eigenvalue weighted by Crippen LogP contribution is 2.38. The van der Waals surface area contributed by atoms with Crippen LogP contribution in [0, 0.1) is 6.92 Å². The molecule has 0 radical (unpaired) electrons. The molecule has 3 aromatic heterocycles. The Hall–Kier alpha value is -5.14. The normalized spacial score (nSPS) is 14.0. The van der Waals surface area contributed by atoms with Crippen LogP contribution in [0.4, 0.5) is 10.7 Å². The summed E-state index contributed by atoms with van der Waals surface area (Å²) in [6.45, 7) is 4.66. The van der Waals surface area contributed by atoms with Crippen LogP contribution in [0.5, 0.6) is 5.75 Å². The van der Waals surface area contributed by atoms with Crippen LogP contribution >= 0.6 is 0 Å². The molecule has 4 N–H and O–H groups in total. The van der Waals surface area contributed by atoms with E-state index in [1.807, 2.05) is 18.4 Å². The monoisotopic (exact) mass is 562 g/mol. The van der Waals surface area contributed by atoms with E-state index in [0.717, 1.165) is 0 Å². The standard InChI is InChI=1S/C27H30N8O6/c1-4-34-20(9-15(2)32-34)25(38)31-26-30-19-10-17(24(28)37)11-21-23(19)35(26)18(14-40-21)7-8-29-27(39)41-13-16-5-6-22(36)33(3)12-16/h5-6,9-12,18H,4,7-8,13-14H2,1-3H3,(H2,28,37)(H,29,39)(H,30,31,38)/t18-/m0/s1. The number of aryl methyl sites for hydroxylation is 3. The molecule has 1 aliphatic heterocycles. The number of hydrogen-bond donors (Lipinski definition) is 3. The maximum absolute atomic E-state index is 13.2. The Balaban J connectivity index is 1.34. The van der Waals surface area contributed by atoms with Crippen LogP contribution in [0.25, 0.3) is 11.0 Å². The molecule has 5 rings (SSSR count). The van der Waals surface area contributed by atoms with E-state index < -0.39 is 12.0 Å². The predicted octanol–water partition coefficient (Wildman–Crippen LogP) is 1.86. The largest absolute Gasteiger partial charge is 0.489 e. The Kier molecular flexibility index (Phi) is 7.46. The molecule has 14 nitrogen and oxygen atoms in total. The van der Waals surface area contributed by atoms with Gasteiger partial charge >= 0.3 is 6.09 Å². The second-order valence-electron chi connectivity index (χ2n) is 9.70. The number of hydrogen-bond acceptors (Lipinski definition) is 8. The van der Waals surface area contributed by atoms with Crippen molar-refractivity contribution in [3.63, 3.8) is 0 Å². The summed E-state index contributed by atoms with van der Waals surface area (Å²) >= 11 is 0. The van der Waals surface area contributed by atoms with Crippen LogP contribution in [0.3, 0.4) is 0 Å². The Bertz CT molecular complexity index is 1720. The SMILES string of the molecule is CCn1nc(C)cc1C(=O)Nc1nc2cc(C(N)=O)cc3c2n1[C@@H](CCNC(=O)OCc1ccc(=O)n(C)c1)CO3. The molecule has 1 aliphatic rings. The quantitative estimate of drug-likeness (QED) is 0.277. The Morgan fingerprint density at radius 1 is 1.22 bits per heavy atom. The number of carbonyl (C=O) groups excluding carboxylic acids is 3. The van der Waals surface area contributed by atoms with E-state index in [9.17, 15) is 19.2 Å². The Morgan fingerprint density at radius 3 is 2.76 bits per heavy atom. The lowest BCUT2D eigenvalue weighted by molar-refractivity contribution is 0.0995. The zero-order valence-electron chi connectivity index (χ0n) is 22.8. The molecular formula is C27H30N8O6. The molecular weight excluding hydrogens is 532 g/mol. The van der Waals surface area contributed by atoms with Gasteiger partial charge in [0.1, 0.15) is 30.2 Å². The molecule has 0 fully saturated rings. The second kappa shape index (κ2) is 11.2. The van der Waals surface area contributed by atoms with Crippen molar-refractivity contribution in [1.82, 2.24) is 29.2 Å². The van der Waals surface area contributed by atoms with Crippen molar-refractivity contribution in [2.24, 2.45) is 12.8 Å². The molecule has 3 amide bonds. The van der Waals surface area contributed by atoms with Gasteiger partial charge in [-0.05, 0) is 44.5 Å². The number of imidazole rings is 1. The first kappa shape index (κ1) is 27.4. The second-order valence-corrected chi connectivity index (χ2v) is 9.70. The van der Waals surface area contributed by atoms with Crippen LogP contribution in [0.15, 0.2) is 41.3 Å². The first-order valence-electron chi connectivity index (χ1n) is 13.0. The molecule has 0 spiro atoms. The summed E-state index contributed by atoms with van der Waals surface area (Å²) in [5.41, 5.74) is 8.38. The summed E-state index contributed by atoms with van der Waals surface area (Å²) in [5, 5.41) is 9.95. The number of carbonyl (C=O) groups is 3. The Morgan fingerprint density at radius 2 is 2.02 bits per heavy atom. The maximum Gasteiger partial charge on any atom is 0.407 e. The van der Waals surface area contributed by atoms with E-state index in [4.69, 9.17) is 15.2 Å². The van der Waals surface area contributed by atoms with Crippen molar-refractivity contribution in [3.05, 3.63) is 69.4 Å². The topological polar surface area (TPSA) is 177 Å². The number of nitrogens with two attached hydrogens (primary N) is 1. The van der Waals surface area contributed by atoms with Gasteiger partial charge in [0.05, 0.1) is 17.3 Å². The highest BCUT2D eigenvalue weighted by atomic mass is 16.5. The molecule has 14 heteroatoms. The number of nitrogens with one attached hydrogen (secondary N) is 2. The van der Waals surface area contributed by atoms with Gasteiger partial charge in [-0.25, -0.2) is 9.78 Å². The van der Waals surface area contributed by atoms with Crippen molar-refractivity contribution in [3.8, 4) is 5.75 Å². The number of pyridine rings is 1. The lowest BCUT2D eigenvalue weighted by atomic mass is 10.1. The third kappa shape index (κ3) is 5.62. The highest BCUT2D eigenvalue weighted by Gasteiger charge is 2.29. The number of benzene rings is 1. The summed E-state index contributed by atoms with van der Waals surface area (Å²) in [6, 6.07) is 7.49. The average molecular weight is 563 g/mol. The van der Waals surface area contributed by atoms with Crippen LogP contribution < -0.4 is 26.7 Å². The predicted molar refractivity (Wildman–Crippen MR) is 148 cm³/mol. The number of amides is 3. The minimum atomic E-state index is -0.628. The summed E-state index contributed by atoms with van der Waals surface area (Å²) < 4.78 is 16.1. The van der Waals surface area contributed by atoms with E-state index in [1.54, 1.807) is 42.2 Å². The molecule has 4 aromatic rings. The molecule has 0 saturated heterocycles. The number of alkyl carbamates (subject to hydrolysis) is 1. The molecule has 1 atom stereocenters. The number of primary amides is 1. The van der Waals surface area contributed by atoms with Crippen LogP contribution in [0.1, 0.15) is 51.5 Å². The van der Waals surface area contributed by atoms with Crippen molar-refractivity contribution in [1.29, 1.82) is 0 Å². The summed E-state index contributed by atoms with van der Waals surface area (Å²) in [7, 11) is 1.62. The minimum absolute atomic E-state index is 0.00814. The zero-order chi connectivity index (χ0) is 29.3. The summed E-state index contributed by atoms with van der Waals surface area (Å²) in [6.07, 6.45) is 1.41. The average Bonchev–Trinajstić information content (AvgIpc) is 3.51. The lowest BCUT2D eigenvalue weighted by Crippen LogP contribution is -2.31. The van der Waals surface area contributed by atoms with Gasteiger partial charge in [0.2, 0.25) is 17.4 Å². The first-order valence-corrected chi connectivity index (χ1v) is 13.0. The molecule has 0 unspecified atom stereocenters. The van der Waals surface area contributed by atoms with Gasteiger partial charge in [-0.3, -0.25) is 24.4 Å². The fourth-order valence-electron chi connectivity index (χ4n) is 4.78. The summed E-state index contributed by atoms with van der Waals surface area (Å²) in [5.74, 6) is -0.336. The van der Waals surface area contributed by atoms with Gasteiger partial charge in [-0.1, -0.05) is 0 Å². The van der Waals surface area contributed by atoms with Crippen LogP contribution in [0.2, 0.25) is 0 Å². The fraction of sp³-hybridized carbons (Fsp3) is 0.333. The first-order chi connectivity index (χ1) is 19.6. The zero-order valence-corrected chi connectivity index (χ0v) is 22.8. The van der Waals surface area contributed by atoms with Gasteiger partial charge in [0.25, 0.3) is 5.91 Å². The molecule has 214 valence electrons. The van der Waals surface area contributed by atoms with Gasteiger partial charge in [-0.15, -0.1) is 0 Å². The number of aromatic nitrogens is 5. The number of anilines is 1. The van der Waals surface area contributed by atoms with E-state index >= 15 is 0 Å². The van der Waals surface area contributed by atoms with Gasteiger partial charge in [0.15, 0.2) is 0 Å². The van der Waals surface area contributed by atoms with Crippen molar-refractivity contribution >= 4 is 34.9 Å². The molecule has 4 heterocycles. The third-order valence-corrected chi connectivity index (χ3v) is 6.75. The van der Waals surface area contributed by atoms with E-state index in [-0.39, 0.29) is 48.8 Å². The molecule has 41 heavy (non-hydrogen) atoms. The highest BCUT2D eigenvalue weighted by molar-refractivity contribution is 6.04. The van der Waals surface area contributed by atoms with Crippen LogP contribution in [-0.4, -0.2) is 55.0 Å². The number of ether oxygens (including phenoxy) is 2. The molecule has 0 bridgehead atoms. The number of nitrogens with zero attached hydrogens (tertiary/aromatic N) is 5. The third-order valence-electron chi connectivity index (χ3n) is 6.75. The van der Waals surface area contributed by atoms with Gasteiger partial charge < -0.3 is 29.7 Å². The van der Waals surface area contributed by atoms with E-state index in [2.05, 4.69) is 20.7 Å². The fourth-order valence-corrected chi connectivity index (χ4v) is 4.78. The van der Waals surface area contributed by atoms with E-state index in [1.165, 1.54) is 10.6 Å². The van der Waals surface area contributed by atoms with Gasteiger partial charge in [-0.2, -0.15) is 5.10 Å². The Labute approximate surface area is 234 Å². The molecule has 0 saturated carbocycles. The van der Waals surface area contributed by atoms with Crippen molar-refractivity contribution in [2.45, 2.75) is 39.5 Å². The molecule has 0 aliphatic carbocycles. The van der Waals surface area contributed by atoms with Crippen molar-refractivity contribution in [2.75, 3.05) is 18.5 Å². The van der Waals surface area contributed by atoms with Gasteiger partial charge in [0, 0.05) is 43.5 Å².